The van der Waals surface area contributed by atoms with E-state index >= 15 is 0 Å². The van der Waals surface area contributed by atoms with Crippen LogP contribution >= 0.6 is 0 Å². The number of fused-ring (bicyclic) bond motifs is 2. The fourth-order valence-electron chi connectivity index (χ4n) is 3.67. The number of nitrogens with zero attached hydrogens (tertiary/aromatic N) is 1. The Morgan fingerprint density at radius 1 is 0.720 bits per heavy atom. The third kappa shape index (κ3) is 4.22. The van der Waals surface area contributed by atoms with E-state index in [9.17, 15) is 0 Å². The zero-order chi connectivity index (χ0) is 16.2. The van der Waals surface area contributed by atoms with Crippen molar-refractivity contribution in [2.75, 3.05) is 39.3 Å². The zero-order valence-electron chi connectivity index (χ0n) is 14.4. The molecule has 1 fully saturated rings. The molecule has 4 rings (SSSR count). The van der Waals surface area contributed by atoms with Gasteiger partial charge in [0.25, 0.3) is 0 Å². The molecule has 3 aromatic rings. The molecule has 0 unspecified atom stereocenters. The fraction of sp³-hybridized carbons (Fsp3) is 0.333. The summed E-state index contributed by atoms with van der Waals surface area (Å²) >= 11 is 0. The maximum atomic E-state index is 3.51. The quantitative estimate of drug-likeness (QED) is 0.526. The number of benzene rings is 3. The maximum absolute atomic E-state index is 3.51. The van der Waals surface area contributed by atoms with E-state index < -0.39 is 0 Å². The molecule has 1 saturated heterocycles. The zero-order valence-corrected chi connectivity index (χ0v) is 15.3. The van der Waals surface area contributed by atoms with Crippen LogP contribution in [-0.2, 0) is 23.6 Å². The van der Waals surface area contributed by atoms with Crippen molar-refractivity contribution < 1.29 is 17.1 Å². The fourth-order valence-corrected chi connectivity index (χ4v) is 3.67. The first-order valence-corrected chi connectivity index (χ1v) is 8.95. The number of nitrogens with one attached hydrogen (secondary N) is 2. The number of rotatable bonds is 2. The molecule has 25 heavy (non-hydrogen) atoms. The van der Waals surface area contributed by atoms with Gasteiger partial charge in [-0.1, -0.05) is 48.5 Å². The molecule has 0 aliphatic carbocycles. The molecule has 0 atom stereocenters. The topological polar surface area (TPSA) is 27.3 Å². The minimum Gasteiger partial charge on any atom is -0.314 e. The first-order chi connectivity index (χ1) is 11.9. The van der Waals surface area contributed by atoms with E-state index in [4.69, 9.17) is 0 Å². The van der Waals surface area contributed by atoms with Gasteiger partial charge in [-0.2, -0.15) is 0 Å². The summed E-state index contributed by atoms with van der Waals surface area (Å²) in [5, 5.41) is 12.5. The summed E-state index contributed by atoms with van der Waals surface area (Å²) in [7, 11) is 0. The second-order valence-electron chi connectivity index (χ2n) is 6.57. The van der Waals surface area contributed by atoms with Gasteiger partial charge in [0.15, 0.2) is 0 Å². The minimum absolute atomic E-state index is 0. The van der Waals surface area contributed by atoms with Crippen LogP contribution in [-0.4, -0.2) is 44.2 Å². The van der Waals surface area contributed by atoms with E-state index in [0.717, 1.165) is 45.8 Å². The van der Waals surface area contributed by atoms with Gasteiger partial charge in [0, 0.05) is 62.9 Å². The Morgan fingerprint density at radius 2 is 1.24 bits per heavy atom. The first kappa shape index (κ1) is 18.4. The van der Waals surface area contributed by atoms with E-state index in [1.165, 1.54) is 27.1 Å². The molecule has 4 heteroatoms. The van der Waals surface area contributed by atoms with Crippen LogP contribution in [0.2, 0.25) is 0 Å². The SMILES string of the molecule is [64Cu].c1ccc2c(CN3CCNCCNCC3)c3ccccc3cc2c1. The van der Waals surface area contributed by atoms with Crippen molar-refractivity contribution in [2.24, 2.45) is 0 Å². The summed E-state index contributed by atoms with van der Waals surface area (Å²) < 4.78 is 0. The Kier molecular flexibility index (Phi) is 6.46. The molecule has 3 aromatic carbocycles. The minimum atomic E-state index is 0. The number of hydrogen-bond acceptors (Lipinski definition) is 3. The van der Waals surface area contributed by atoms with Crippen molar-refractivity contribution in [1.29, 1.82) is 0 Å². The summed E-state index contributed by atoms with van der Waals surface area (Å²) in [6.45, 7) is 7.44. The van der Waals surface area contributed by atoms with Crippen molar-refractivity contribution >= 4 is 21.5 Å². The first-order valence-electron chi connectivity index (χ1n) is 8.95. The number of hydrogen-bond donors (Lipinski definition) is 2. The molecular weight excluding hydrogens is 358 g/mol. The second-order valence-corrected chi connectivity index (χ2v) is 6.57. The Balaban J connectivity index is 0.00000182. The van der Waals surface area contributed by atoms with Crippen molar-refractivity contribution in [2.45, 2.75) is 6.54 Å². The van der Waals surface area contributed by atoms with Crippen LogP contribution in [0.3, 0.4) is 0 Å². The van der Waals surface area contributed by atoms with Gasteiger partial charge in [-0.3, -0.25) is 4.90 Å². The van der Waals surface area contributed by atoms with Gasteiger partial charge in [0.2, 0.25) is 0 Å². The monoisotopic (exact) mass is 383 g/mol. The van der Waals surface area contributed by atoms with Crippen molar-refractivity contribution in [3.05, 3.63) is 60.2 Å². The molecular formula is C21H25CuN3. The van der Waals surface area contributed by atoms with Crippen LogP contribution < -0.4 is 10.6 Å². The molecule has 1 heterocycles. The Bertz CT molecular complexity index is 770. The molecule has 1 radical (unpaired) electrons. The van der Waals surface area contributed by atoms with Crippen LogP contribution in [0.25, 0.3) is 21.5 Å². The van der Waals surface area contributed by atoms with Gasteiger partial charge in [-0.25, -0.2) is 0 Å². The molecule has 135 valence electrons. The van der Waals surface area contributed by atoms with E-state index in [1.54, 1.807) is 0 Å². The van der Waals surface area contributed by atoms with Gasteiger partial charge in [0.1, 0.15) is 0 Å². The van der Waals surface area contributed by atoms with Gasteiger partial charge in [-0.05, 0) is 33.2 Å². The molecule has 0 saturated carbocycles. The van der Waals surface area contributed by atoms with Gasteiger partial charge < -0.3 is 10.6 Å². The molecule has 0 aromatic heterocycles. The molecule has 0 amide bonds. The maximum Gasteiger partial charge on any atom is 0.0247 e. The van der Waals surface area contributed by atoms with Crippen molar-refractivity contribution in [1.82, 2.24) is 15.5 Å². The molecule has 0 bridgehead atoms. The second kappa shape index (κ2) is 8.79. The van der Waals surface area contributed by atoms with Crippen LogP contribution in [0.4, 0.5) is 0 Å². The predicted molar refractivity (Wildman–Crippen MR) is 102 cm³/mol. The average Bonchev–Trinajstić information content (AvgIpc) is 2.75. The van der Waals surface area contributed by atoms with Crippen LogP contribution in [0, 0.1) is 0 Å². The smallest absolute Gasteiger partial charge is 0.0247 e. The van der Waals surface area contributed by atoms with Crippen molar-refractivity contribution in [3.63, 3.8) is 0 Å². The summed E-state index contributed by atoms with van der Waals surface area (Å²) in [6.07, 6.45) is 0. The van der Waals surface area contributed by atoms with Gasteiger partial charge in [-0.15, -0.1) is 0 Å². The standard InChI is InChI=1S/C21H25N3.Cu/c1-3-7-19-17(5-1)15-18-6-2-4-8-20(18)21(19)16-24-13-11-22-9-10-23-12-14-24;/h1-8,15,22-23H,9-14,16H2;/i;1+0. The van der Waals surface area contributed by atoms with Crippen molar-refractivity contribution in [3.8, 4) is 0 Å². The van der Waals surface area contributed by atoms with Crippen LogP contribution in [0.1, 0.15) is 5.56 Å². The Labute approximate surface area is 160 Å². The molecule has 1 aliphatic heterocycles. The molecule has 2 N–H and O–H groups in total. The summed E-state index contributed by atoms with van der Waals surface area (Å²) in [5.41, 5.74) is 1.46. The van der Waals surface area contributed by atoms with E-state index in [-0.39, 0.29) is 17.1 Å². The third-order valence-corrected chi connectivity index (χ3v) is 4.95. The predicted octanol–water partition coefficient (Wildman–Crippen LogP) is 2.99. The molecule has 1 aliphatic rings. The van der Waals surface area contributed by atoms with E-state index in [0.29, 0.717) is 0 Å². The normalized spacial score (nSPS) is 16.8. The largest absolute Gasteiger partial charge is 0.314 e. The van der Waals surface area contributed by atoms with Crippen LogP contribution in [0.5, 0.6) is 0 Å². The Morgan fingerprint density at radius 3 is 1.80 bits per heavy atom. The van der Waals surface area contributed by atoms with E-state index in [2.05, 4.69) is 70.1 Å². The van der Waals surface area contributed by atoms with E-state index in [1.807, 2.05) is 0 Å². The Hall–Kier alpha value is -1.42. The average molecular weight is 383 g/mol. The molecule has 0 spiro atoms. The summed E-state index contributed by atoms with van der Waals surface area (Å²) in [4.78, 5) is 2.57. The summed E-state index contributed by atoms with van der Waals surface area (Å²) in [6, 6.07) is 19.9. The van der Waals surface area contributed by atoms with Gasteiger partial charge in [0.05, 0.1) is 0 Å². The third-order valence-electron chi connectivity index (χ3n) is 4.95. The van der Waals surface area contributed by atoms with Crippen LogP contribution in [0.15, 0.2) is 54.6 Å². The molecule has 3 nitrogen and oxygen atoms in total. The summed E-state index contributed by atoms with van der Waals surface area (Å²) in [5.74, 6) is 0. The van der Waals surface area contributed by atoms with Gasteiger partial charge >= 0.3 is 0 Å².